The van der Waals surface area contributed by atoms with Gasteiger partial charge in [-0.25, -0.2) is 0 Å². The van der Waals surface area contributed by atoms with Gasteiger partial charge in [-0.05, 0) is 69.1 Å². The lowest BCUT2D eigenvalue weighted by molar-refractivity contribution is -0.136. The lowest BCUT2D eigenvalue weighted by atomic mass is 9.80. The van der Waals surface area contributed by atoms with Crippen LogP contribution in [0.2, 0.25) is 0 Å². The van der Waals surface area contributed by atoms with Crippen molar-refractivity contribution >= 4 is 35.0 Å². The quantitative estimate of drug-likeness (QED) is 0.430. The van der Waals surface area contributed by atoms with E-state index >= 15 is 0 Å². The molecule has 7 rings (SSSR count). The molecule has 1 unspecified atom stereocenters. The first kappa shape index (κ1) is 25.3. The highest BCUT2D eigenvalue weighted by atomic mass is 16.2. The first-order valence-electron chi connectivity index (χ1n) is 14.9. The highest BCUT2D eigenvalue weighted by Crippen LogP contribution is 2.45. The SMILES string of the molecule is O=C1CCC(N2C(=O)c3ccc(NC[C@H]4C[C@H](n5cc(NC6CCCCC6)c(C6CC6)n5)C4)cc3C2=O)C(=O)N1. The molecule has 210 valence electrons. The molecule has 10 nitrogen and oxygen atoms in total. The number of imide groups is 2. The average molecular weight is 545 g/mol. The van der Waals surface area contributed by atoms with E-state index in [0.29, 0.717) is 35.0 Å². The molecular formula is C30H36N6O4. The Bertz CT molecular complexity index is 1370. The Morgan fingerprint density at radius 3 is 2.45 bits per heavy atom. The summed E-state index contributed by atoms with van der Waals surface area (Å²) in [6, 6.07) is 5.20. The third kappa shape index (κ3) is 4.67. The molecule has 10 heteroatoms. The number of carbonyl (C=O) groups is 4. The molecule has 4 fully saturated rings. The molecule has 1 aromatic heterocycles. The van der Waals surface area contributed by atoms with Crippen molar-refractivity contribution in [3.63, 3.8) is 0 Å². The first-order chi connectivity index (χ1) is 19.4. The highest BCUT2D eigenvalue weighted by molar-refractivity contribution is 6.23. The molecule has 1 atom stereocenters. The van der Waals surface area contributed by atoms with Gasteiger partial charge in [0.15, 0.2) is 0 Å². The maximum Gasteiger partial charge on any atom is 0.262 e. The van der Waals surface area contributed by atoms with Crippen molar-refractivity contribution in [1.82, 2.24) is 20.0 Å². The van der Waals surface area contributed by atoms with Gasteiger partial charge in [-0.15, -0.1) is 0 Å². The normalized spacial score (nSPS) is 26.9. The zero-order valence-corrected chi connectivity index (χ0v) is 22.7. The topological polar surface area (TPSA) is 125 Å². The van der Waals surface area contributed by atoms with E-state index in [2.05, 4.69) is 26.8 Å². The second-order valence-electron chi connectivity index (χ2n) is 12.2. The average Bonchev–Trinajstić information content (AvgIpc) is 3.64. The van der Waals surface area contributed by atoms with E-state index in [1.165, 1.54) is 56.3 Å². The van der Waals surface area contributed by atoms with Crippen LogP contribution in [0.15, 0.2) is 24.4 Å². The molecule has 1 saturated heterocycles. The lowest BCUT2D eigenvalue weighted by Crippen LogP contribution is -2.54. The number of nitrogens with zero attached hydrogens (tertiary/aromatic N) is 3. The maximum absolute atomic E-state index is 13.1. The molecule has 2 aromatic rings. The predicted octanol–water partition coefficient (Wildman–Crippen LogP) is 3.97. The molecule has 3 saturated carbocycles. The van der Waals surface area contributed by atoms with Crippen molar-refractivity contribution in [1.29, 1.82) is 0 Å². The summed E-state index contributed by atoms with van der Waals surface area (Å²) >= 11 is 0. The van der Waals surface area contributed by atoms with E-state index < -0.39 is 23.8 Å². The van der Waals surface area contributed by atoms with Crippen LogP contribution in [-0.2, 0) is 9.59 Å². The van der Waals surface area contributed by atoms with Gasteiger partial charge in [0.25, 0.3) is 11.8 Å². The molecule has 0 bridgehead atoms. The van der Waals surface area contributed by atoms with Crippen LogP contribution in [0, 0.1) is 5.92 Å². The smallest absolute Gasteiger partial charge is 0.262 e. The number of rotatable bonds is 8. The van der Waals surface area contributed by atoms with Crippen LogP contribution in [0.1, 0.15) is 109 Å². The van der Waals surface area contributed by atoms with Gasteiger partial charge in [0, 0.05) is 36.8 Å². The third-order valence-corrected chi connectivity index (χ3v) is 9.31. The number of amides is 4. The number of fused-ring (bicyclic) bond motifs is 1. The molecular weight excluding hydrogens is 508 g/mol. The molecule has 0 radical (unpaired) electrons. The van der Waals surface area contributed by atoms with E-state index in [4.69, 9.17) is 5.10 Å². The van der Waals surface area contributed by atoms with Gasteiger partial charge in [0.05, 0.1) is 28.6 Å². The van der Waals surface area contributed by atoms with Crippen molar-refractivity contribution in [2.24, 2.45) is 5.92 Å². The largest absolute Gasteiger partial charge is 0.385 e. The van der Waals surface area contributed by atoms with Gasteiger partial charge in [0.2, 0.25) is 11.8 Å². The van der Waals surface area contributed by atoms with Gasteiger partial charge < -0.3 is 10.6 Å². The molecule has 3 heterocycles. The van der Waals surface area contributed by atoms with Crippen molar-refractivity contribution < 1.29 is 19.2 Å². The summed E-state index contributed by atoms with van der Waals surface area (Å²) in [6.07, 6.45) is 13.6. The second kappa shape index (κ2) is 10.1. The van der Waals surface area contributed by atoms with Crippen LogP contribution in [0.25, 0.3) is 0 Å². The summed E-state index contributed by atoms with van der Waals surface area (Å²) in [5.74, 6) is -0.823. The van der Waals surface area contributed by atoms with Gasteiger partial charge in [-0.2, -0.15) is 5.10 Å². The summed E-state index contributed by atoms with van der Waals surface area (Å²) in [5, 5.41) is 14.5. The number of aromatic nitrogens is 2. The zero-order chi connectivity index (χ0) is 27.4. The minimum Gasteiger partial charge on any atom is -0.385 e. The fourth-order valence-corrected chi connectivity index (χ4v) is 6.76. The molecule has 4 amide bonds. The van der Waals surface area contributed by atoms with Crippen molar-refractivity contribution in [2.45, 2.75) is 94.7 Å². The van der Waals surface area contributed by atoms with Crippen LogP contribution in [0.5, 0.6) is 0 Å². The van der Waals surface area contributed by atoms with E-state index in [0.717, 1.165) is 30.0 Å². The summed E-state index contributed by atoms with van der Waals surface area (Å²) in [5.41, 5.74) is 3.89. The number of piperidine rings is 1. The molecule has 3 N–H and O–H groups in total. The first-order valence-corrected chi connectivity index (χ1v) is 14.9. The lowest BCUT2D eigenvalue weighted by Gasteiger charge is -2.35. The molecule has 1 aromatic carbocycles. The van der Waals surface area contributed by atoms with E-state index in [1.54, 1.807) is 12.1 Å². The minimum atomic E-state index is -0.950. The Morgan fingerprint density at radius 2 is 1.70 bits per heavy atom. The monoisotopic (exact) mass is 544 g/mol. The number of anilines is 2. The molecule has 5 aliphatic rings. The maximum atomic E-state index is 13.1. The Morgan fingerprint density at radius 1 is 0.925 bits per heavy atom. The number of benzene rings is 1. The molecule has 2 aliphatic heterocycles. The van der Waals surface area contributed by atoms with Crippen molar-refractivity contribution in [3.8, 4) is 0 Å². The number of carbonyl (C=O) groups excluding carboxylic acids is 4. The standard InChI is InChI=1S/C30H36N6O4/c37-26-11-10-25(28(38)33-26)36-29(39)22-9-8-20(14-23(22)30(36)40)31-15-17-12-21(13-17)35-16-24(27(34-35)18-6-7-18)32-19-4-2-1-3-5-19/h8-9,14,16-19,21,25,31-32H,1-7,10-13,15H2,(H,33,37,38)/t17-,21-,25?. The van der Waals surface area contributed by atoms with Crippen LogP contribution in [-0.4, -0.2) is 56.9 Å². The van der Waals surface area contributed by atoms with E-state index in [9.17, 15) is 19.2 Å². The van der Waals surface area contributed by atoms with Crippen molar-refractivity contribution in [2.75, 3.05) is 17.2 Å². The van der Waals surface area contributed by atoms with Crippen molar-refractivity contribution in [3.05, 3.63) is 41.2 Å². The summed E-state index contributed by atoms with van der Waals surface area (Å²) in [7, 11) is 0. The van der Waals surface area contributed by atoms with Gasteiger partial charge in [0.1, 0.15) is 6.04 Å². The molecule has 3 aliphatic carbocycles. The van der Waals surface area contributed by atoms with Crippen LogP contribution in [0.4, 0.5) is 11.4 Å². The third-order valence-electron chi connectivity index (χ3n) is 9.31. The fourth-order valence-electron chi connectivity index (χ4n) is 6.76. The number of nitrogens with one attached hydrogen (secondary N) is 3. The minimum absolute atomic E-state index is 0.109. The predicted molar refractivity (Wildman–Crippen MR) is 148 cm³/mol. The number of hydrogen-bond acceptors (Lipinski definition) is 7. The van der Waals surface area contributed by atoms with Gasteiger partial charge in [-0.1, -0.05) is 19.3 Å². The second-order valence-corrected chi connectivity index (χ2v) is 12.2. The number of hydrogen-bond donors (Lipinski definition) is 3. The fraction of sp³-hybridized carbons (Fsp3) is 0.567. The van der Waals surface area contributed by atoms with Crippen LogP contribution in [0.3, 0.4) is 0 Å². The van der Waals surface area contributed by atoms with Crippen LogP contribution < -0.4 is 16.0 Å². The summed E-state index contributed by atoms with van der Waals surface area (Å²) in [6.45, 7) is 0.776. The summed E-state index contributed by atoms with van der Waals surface area (Å²) < 4.78 is 2.19. The molecule has 40 heavy (non-hydrogen) atoms. The Kier molecular flexibility index (Phi) is 6.35. The van der Waals surface area contributed by atoms with Crippen LogP contribution >= 0.6 is 0 Å². The molecule has 0 spiro atoms. The van der Waals surface area contributed by atoms with Gasteiger partial charge >= 0.3 is 0 Å². The highest BCUT2D eigenvalue weighted by Gasteiger charge is 2.44. The summed E-state index contributed by atoms with van der Waals surface area (Å²) in [4.78, 5) is 50.8. The van der Waals surface area contributed by atoms with E-state index in [1.807, 2.05) is 6.07 Å². The Balaban J connectivity index is 0.954. The van der Waals surface area contributed by atoms with Gasteiger partial charge in [-0.3, -0.25) is 34.1 Å². The van der Waals surface area contributed by atoms with E-state index in [-0.39, 0.29) is 18.7 Å². The zero-order valence-electron chi connectivity index (χ0n) is 22.7. The Labute approximate surface area is 233 Å². The Hall–Kier alpha value is -3.69.